The van der Waals surface area contributed by atoms with E-state index in [-0.39, 0.29) is 11.3 Å². The maximum Gasteiger partial charge on any atom is 0.335 e. The number of hydrogen-bond acceptors (Lipinski definition) is 6. The van der Waals surface area contributed by atoms with Gasteiger partial charge < -0.3 is 5.11 Å². The van der Waals surface area contributed by atoms with Crippen molar-refractivity contribution in [2.45, 2.75) is 6.92 Å². The van der Waals surface area contributed by atoms with E-state index in [1.807, 2.05) is 5.32 Å². The second-order valence-electron chi connectivity index (χ2n) is 5.88. The lowest BCUT2D eigenvalue weighted by atomic mass is 10.1. The smallest absolute Gasteiger partial charge is 0.335 e. The Kier molecular flexibility index (Phi) is 4.85. The first-order chi connectivity index (χ1) is 13.2. The Morgan fingerprint density at radius 1 is 1.14 bits per heavy atom. The summed E-state index contributed by atoms with van der Waals surface area (Å²) in [5.74, 6) is -2.70. The van der Waals surface area contributed by atoms with Crippen LogP contribution in [0.2, 0.25) is 5.02 Å². The normalized spacial score (nSPS) is 15.7. The molecule has 0 bridgehead atoms. The van der Waals surface area contributed by atoms with Gasteiger partial charge in [-0.15, -0.1) is 0 Å². The maximum absolute atomic E-state index is 12.8. The molecule has 0 saturated carbocycles. The van der Waals surface area contributed by atoms with Gasteiger partial charge in [0.05, 0.1) is 10.6 Å². The molecule has 3 rings (SSSR count). The van der Waals surface area contributed by atoms with Gasteiger partial charge in [-0.3, -0.25) is 25.0 Å². The predicted molar refractivity (Wildman–Crippen MR) is 97.7 cm³/mol. The SMILES string of the molecule is Cc1ccc(N2C(=O)NC(=O)/C(=C\c3ccc([O-])c([N+](=O)[O-])c3)C2=O)cc1Cl. The molecule has 1 aliphatic heterocycles. The van der Waals surface area contributed by atoms with Gasteiger partial charge in [-0.25, -0.2) is 9.69 Å². The first kappa shape index (κ1) is 19.1. The highest BCUT2D eigenvalue weighted by molar-refractivity contribution is 6.39. The van der Waals surface area contributed by atoms with Crippen LogP contribution in [0, 0.1) is 17.0 Å². The Labute approximate surface area is 163 Å². The van der Waals surface area contributed by atoms with Crippen molar-refractivity contribution in [3.63, 3.8) is 0 Å². The van der Waals surface area contributed by atoms with Crippen LogP contribution in [-0.2, 0) is 9.59 Å². The number of nitro groups is 1. The van der Waals surface area contributed by atoms with Crippen molar-refractivity contribution in [2.75, 3.05) is 4.90 Å². The average molecular weight is 401 g/mol. The fourth-order valence-corrected chi connectivity index (χ4v) is 2.72. The van der Waals surface area contributed by atoms with Gasteiger partial charge in [-0.05, 0) is 42.0 Å². The molecular formula is C18H11ClN3O6-. The fourth-order valence-electron chi connectivity index (χ4n) is 2.55. The van der Waals surface area contributed by atoms with Gasteiger partial charge in [-0.1, -0.05) is 29.8 Å². The minimum absolute atomic E-state index is 0.0843. The lowest BCUT2D eigenvalue weighted by molar-refractivity contribution is -0.398. The summed E-state index contributed by atoms with van der Waals surface area (Å²) >= 11 is 6.04. The molecule has 4 amide bonds. The molecule has 0 spiro atoms. The van der Waals surface area contributed by atoms with Gasteiger partial charge >= 0.3 is 6.03 Å². The van der Waals surface area contributed by atoms with E-state index in [2.05, 4.69) is 0 Å². The summed E-state index contributed by atoms with van der Waals surface area (Å²) in [6.45, 7) is 1.74. The Morgan fingerprint density at radius 2 is 1.86 bits per heavy atom. The van der Waals surface area contributed by atoms with Crippen LogP contribution in [0.3, 0.4) is 0 Å². The van der Waals surface area contributed by atoms with E-state index in [0.717, 1.165) is 28.7 Å². The molecule has 142 valence electrons. The van der Waals surface area contributed by atoms with E-state index < -0.39 is 39.8 Å². The number of amides is 4. The molecule has 1 saturated heterocycles. The van der Waals surface area contributed by atoms with Crippen LogP contribution in [0.4, 0.5) is 16.2 Å². The van der Waals surface area contributed by atoms with Crippen molar-refractivity contribution in [1.29, 1.82) is 0 Å². The first-order valence-electron chi connectivity index (χ1n) is 7.82. The maximum atomic E-state index is 12.8. The number of halogens is 1. The van der Waals surface area contributed by atoms with Crippen molar-refractivity contribution < 1.29 is 24.4 Å². The second kappa shape index (κ2) is 7.12. The number of carbonyl (C=O) groups is 3. The van der Waals surface area contributed by atoms with Gasteiger partial charge in [0, 0.05) is 11.1 Å². The van der Waals surface area contributed by atoms with Crippen molar-refractivity contribution in [2.24, 2.45) is 0 Å². The lowest BCUT2D eigenvalue weighted by Crippen LogP contribution is -2.54. The third kappa shape index (κ3) is 3.42. The number of hydrogen-bond donors (Lipinski definition) is 1. The van der Waals surface area contributed by atoms with E-state index in [0.29, 0.717) is 5.02 Å². The minimum atomic E-state index is -0.960. The molecular weight excluding hydrogens is 390 g/mol. The highest BCUT2D eigenvalue weighted by Crippen LogP contribution is 2.28. The Hall–Kier alpha value is -3.72. The van der Waals surface area contributed by atoms with Gasteiger partial charge in [0.2, 0.25) is 0 Å². The third-order valence-corrected chi connectivity index (χ3v) is 4.41. The zero-order valence-corrected chi connectivity index (χ0v) is 15.0. The summed E-state index contributed by atoms with van der Waals surface area (Å²) in [6.07, 6.45) is 1.07. The van der Waals surface area contributed by atoms with Gasteiger partial charge in [0.25, 0.3) is 17.5 Å². The summed E-state index contributed by atoms with van der Waals surface area (Å²) in [7, 11) is 0. The number of nitrogens with zero attached hydrogens (tertiary/aromatic N) is 2. The van der Waals surface area contributed by atoms with Crippen LogP contribution < -0.4 is 15.3 Å². The molecule has 10 heteroatoms. The van der Waals surface area contributed by atoms with Gasteiger partial charge in [-0.2, -0.15) is 0 Å². The molecule has 9 nitrogen and oxygen atoms in total. The third-order valence-electron chi connectivity index (χ3n) is 4.01. The molecule has 28 heavy (non-hydrogen) atoms. The van der Waals surface area contributed by atoms with Crippen LogP contribution in [-0.4, -0.2) is 22.8 Å². The quantitative estimate of drug-likeness (QED) is 0.363. The number of anilines is 1. The van der Waals surface area contributed by atoms with Crippen molar-refractivity contribution in [1.82, 2.24) is 5.32 Å². The van der Waals surface area contributed by atoms with Gasteiger partial charge in [0.1, 0.15) is 5.57 Å². The van der Waals surface area contributed by atoms with Crippen LogP contribution >= 0.6 is 11.6 Å². The number of rotatable bonds is 3. The predicted octanol–water partition coefficient (Wildman–Crippen LogP) is 2.30. The van der Waals surface area contributed by atoms with E-state index in [4.69, 9.17) is 11.6 Å². The Morgan fingerprint density at radius 3 is 2.50 bits per heavy atom. The standard InChI is InChI=1S/C18H12ClN3O6/c1-9-2-4-11(8-13(9)19)21-17(25)12(16(24)20-18(21)26)6-10-3-5-15(23)14(7-10)22(27)28/h2-8,23H,1H3,(H,20,24,26)/p-1/b12-6+. The summed E-state index contributed by atoms with van der Waals surface area (Å²) in [5, 5.41) is 24.8. The van der Waals surface area contributed by atoms with E-state index in [1.54, 1.807) is 13.0 Å². The van der Waals surface area contributed by atoms with E-state index in [1.165, 1.54) is 18.2 Å². The first-order valence-corrected chi connectivity index (χ1v) is 8.20. The summed E-state index contributed by atoms with van der Waals surface area (Å²) in [6, 6.07) is 6.67. The Bertz CT molecular complexity index is 1080. The number of carbonyl (C=O) groups excluding carboxylic acids is 3. The molecule has 0 atom stereocenters. The molecule has 1 N–H and O–H groups in total. The zero-order valence-electron chi connectivity index (χ0n) is 14.3. The molecule has 0 aliphatic carbocycles. The summed E-state index contributed by atoms with van der Waals surface area (Å²) < 4.78 is 0. The van der Waals surface area contributed by atoms with Crippen molar-refractivity contribution in [3.8, 4) is 5.75 Å². The molecule has 0 radical (unpaired) electrons. The van der Waals surface area contributed by atoms with Crippen LogP contribution in [0.15, 0.2) is 42.0 Å². The Balaban J connectivity index is 2.05. The van der Waals surface area contributed by atoms with Crippen LogP contribution in [0.5, 0.6) is 5.75 Å². The monoisotopic (exact) mass is 400 g/mol. The van der Waals surface area contributed by atoms with Crippen molar-refractivity contribution >= 4 is 46.9 Å². The molecule has 1 heterocycles. The number of barbiturate groups is 1. The minimum Gasteiger partial charge on any atom is -0.868 e. The van der Waals surface area contributed by atoms with E-state index >= 15 is 0 Å². The summed E-state index contributed by atoms with van der Waals surface area (Å²) in [5.41, 5.74) is -0.161. The molecule has 2 aromatic rings. The number of imide groups is 2. The molecule has 2 aromatic carbocycles. The number of nitrogens with one attached hydrogen (secondary N) is 1. The topological polar surface area (TPSA) is 133 Å². The largest absolute Gasteiger partial charge is 0.868 e. The molecule has 0 unspecified atom stereocenters. The zero-order chi connectivity index (χ0) is 20.6. The average Bonchev–Trinajstić information content (AvgIpc) is 2.62. The second-order valence-corrected chi connectivity index (χ2v) is 6.28. The molecule has 0 aromatic heterocycles. The fraction of sp³-hybridized carbons (Fsp3) is 0.0556. The molecule has 1 aliphatic rings. The number of benzene rings is 2. The highest BCUT2D eigenvalue weighted by Gasteiger charge is 2.37. The number of nitro benzene ring substituents is 1. The van der Waals surface area contributed by atoms with Gasteiger partial charge in [0.15, 0.2) is 0 Å². The number of aryl methyl sites for hydroxylation is 1. The molecule has 1 fully saturated rings. The van der Waals surface area contributed by atoms with E-state index in [9.17, 15) is 29.6 Å². The number of urea groups is 1. The summed E-state index contributed by atoms with van der Waals surface area (Å²) in [4.78, 5) is 47.8. The van der Waals surface area contributed by atoms with Crippen molar-refractivity contribution in [3.05, 3.63) is 68.2 Å². The lowest BCUT2D eigenvalue weighted by Gasteiger charge is -2.26. The highest BCUT2D eigenvalue weighted by atomic mass is 35.5. The van der Waals surface area contributed by atoms with Crippen LogP contribution in [0.25, 0.3) is 6.08 Å². The van der Waals surface area contributed by atoms with Crippen LogP contribution in [0.1, 0.15) is 11.1 Å².